The lowest BCUT2D eigenvalue weighted by molar-refractivity contribution is -0.125. The Hall–Kier alpha value is -0.220. The van der Waals surface area contributed by atoms with Gasteiger partial charge in [-0.25, -0.2) is 0 Å². The highest BCUT2D eigenvalue weighted by Crippen LogP contribution is 2.42. The van der Waals surface area contributed by atoms with Crippen LogP contribution in [0.5, 0.6) is 0 Å². The Kier molecular flexibility index (Phi) is 5.62. The lowest BCUT2D eigenvalue weighted by Crippen LogP contribution is -2.43. The Balaban J connectivity index is 2.24. The minimum atomic E-state index is 0.128. The van der Waals surface area contributed by atoms with Crippen molar-refractivity contribution in [1.82, 2.24) is 5.32 Å². The van der Waals surface area contributed by atoms with Gasteiger partial charge in [-0.15, -0.1) is 0 Å². The molecule has 4 heteroatoms. The molecule has 1 aliphatic carbocycles. The van der Waals surface area contributed by atoms with E-state index >= 15 is 0 Å². The second kappa shape index (κ2) is 6.50. The minimum Gasteiger partial charge on any atom is -0.354 e. The molecule has 3 N–H and O–H groups in total. The fourth-order valence-corrected chi connectivity index (χ4v) is 2.75. The van der Waals surface area contributed by atoms with E-state index in [9.17, 15) is 4.79 Å². The Bertz CT molecular complexity index is 224. The predicted molar refractivity (Wildman–Crippen MR) is 70.6 cm³/mol. The summed E-state index contributed by atoms with van der Waals surface area (Å²) in [6.07, 6.45) is 7.22. The molecule has 1 aliphatic rings. The van der Waals surface area contributed by atoms with Crippen LogP contribution in [0.15, 0.2) is 0 Å². The summed E-state index contributed by atoms with van der Waals surface area (Å²) in [5, 5.41) is 3.07. The zero-order valence-electron chi connectivity index (χ0n) is 10.4. The summed E-state index contributed by atoms with van der Waals surface area (Å²) >= 11 is 1.82. The highest BCUT2D eigenvalue weighted by atomic mass is 32.2. The van der Waals surface area contributed by atoms with Gasteiger partial charge < -0.3 is 11.1 Å². The third-order valence-corrected chi connectivity index (χ3v) is 4.19. The van der Waals surface area contributed by atoms with E-state index in [1.165, 1.54) is 6.42 Å². The third kappa shape index (κ3) is 3.98. The van der Waals surface area contributed by atoms with E-state index in [0.717, 1.165) is 25.0 Å². The van der Waals surface area contributed by atoms with Crippen LogP contribution in [-0.4, -0.2) is 30.5 Å². The number of hydrogen-bond acceptors (Lipinski definition) is 3. The van der Waals surface area contributed by atoms with Gasteiger partial charge in [0.25, 0.3) is 0 Å². The average Bonchev–Trinajstić information content (AvgIpc) is 2.20. The first kappa shape index (κ1) is 13.8. The second-order valence-electron chi connectivity index (χ2n) is 4.98. The van der Waals surface area contributed by atoms with Crippen LogP contribution in [0.25, 0.3) is 0 Å². The van der Waals surface area contributed by atoms with Crippen molar-refractivity contribution in [2.45, 2.75) is 45.1 Å². The van der Waals surface area contributed by atoms with E-state index in [2.05, 4.69) is 18.5 Å². The molecular weight excluding hydrogens is 220 g/mol. The van der Waals surface area contributed by atoms with Crippen molar-refractivity contribution in [2.24, 2.45) is 11.1 Å². The van der Waals surface area contributed by atoms with Crippen molar-refractivity contribution in [3.63, 3.8) is 0 Å². The molecule has 0 bridgehead atoms. The number of rotatable bonds is 7. The van der Waals surface area contributed by atoms with E-state index in [-0.39, 0.29) is 17.4 Å². The largest absolute Gasteiger partial charge is 0.354 e. The van der Waals surface area contributed by atoms with Gasteiger partial charge in [0.2, 0.25) is 5.91 Å². The van der Waals surface area contributed by atoms with Gasteiger partial charge in [-0.05, 0) is 50.2 Å². The van der Waals surface area contributed by atoms with Gasteiger partial charge in [0, 0.05) is 12.5 Å². The first-order valence-corrected chi connectivity index (χ1v) is 7.50. The van der Waals surface area contributed by atoms with Gasteiger partial charge in [0.15, 0.2) is 0 Å². The van der Waals surface area contributed by atoms with Crippen molar-refractivity contribution in [3.05, 3.63) is 0 Å². The van der Waals surface area contributed by atoms with Crippen molar-refractivity contribution >= 4 is 17.7 Å². The van der Waals surface area contributed by atoms with Crippen LogP contribution in [0.2, 0.25) is 0 Å². The quantitative estimate of drug-likeness (QED) is 0.717. The Labute approximate surface area is 103 Å². The maximum absolute atomic E-state index is 11.8. The molecule has 1 saturated carbocycles. The molecule has 0 heterocycles. The van der Waals surface area contributed by atoms with Crippen LogP contribution >= 0.6 is 11.8 Å². The van der Waals surface area contributed by atoms with Gasteiger partial charge in [-0.1, -0.05) is 6.42 Å². The molecule has 1 atom stereocenters. The Morgan fingerprint density at radius 3 is 2.69 bits per heavy atom. The molecule has 1 amide bonds. The average molecular weight is 244 g/mol. The van der Waals surface area contributed by atoms with Crippen LogP contribution in [-0.2, 0) is 4.79 Å². The van der Waals surface area contributed by atoms with Crippen LogP contribution in [0.1, 0.15) is 39.0 Å². The lowest BCUT2D eigenvalue weighted by atomic mass is 9.66. The number of hydrogen-bond donors (Lipinski definition) is 2. The lowest BCUT2D eigenvalue weighted by Gasteiger charge is -2.40. The second-order valence-corrected chi connectivity index (χ2v) is 5.97. The third-order valence-electron chi connectivity index (χ3n) is 3.55. The summed E-state index contributed by atoms with van der Waals surface area (Å²) in [5.41, 5.74) is 5.87. The summed E-state index contributed by atoms with van der Waals surface area (Å²) in [5.74, 6) is 1.28. The summed E-state index contributed by atoms with van der Waals surface area (Å²) in [6, 6.07) is 0.287. The predicted octanol–water partition coefficient (Wildman–Crippen LogP) is 1.76. The minimum absolute atomic E-state index is 0.128. The van der Waals surface area contributed by atoms with Gasteiger partial charge in [0.05, 0.1) is 0 Å². The van der Waals surface area contributed by atoms with E-state index < -0.39 is 0 Å². The number of carbonyl (C=O) groups is 1. The maximum Gasteiger partial charge on any atom is 0.220 e. The molecule has 0 aromatic carbocycles. The molecule has 0 aromatic rings. The van der Waals surface area contributed by atoms with E-state index in [1.54, 1.807) is 0 Å². The SMILES string of the molecule is CSCCC(C)NC(=O)CC1(CN)CCC1. The smallest absolute Gasteiger partial charge is 0.220 e. The first-order valence-electron chi connectivity index (χ1n) is 6.10. The number of nitrogens with one attached hydrogen (secondary N) is 1. The molecule has 1 rings (SSSR count). The fraction of sp³-hybridized carbons (Fsp3) is 0.917. The normalized spacial score (nSPS) is 19.9. The van der Waals surface area contributed by atoms with Gasteiger partial charge in [-0.3, -0.25) is 4.79 Å². The molecule has 0 saturated heterocycles. The molecule has 0 aromatic heterocycles. The summed E-state index contributed by atoms with van der Waals surface area (Å²) < 4.78 is 0. The van der Waals surface area contributed by atoms with Crippen molar-refractivity contribution in [3.8, 4) is 0 Å². The zero-order valence-corrected chi connectivity index (χ0v) is 11.2. The van der Waals surface area contributed by atoms with Gasteiger partial charge in [-0.2, -0.15) is 11.8 Å². The monoisotopic (exact) mass is 244 g/mol. The van der Waals surface area contributed by atoms with E-state index in [4.69, 9.17) is 5.73 Å². The first-order chi connectivity index (χ1) is 7.62. The van der Waals surface area contributed by atoms with Crippen molar-refractivity contribution < 1.29 is 4.79 Å². The number of nitrogens with two attached hydrogens (primary N) is 1. The summed E-state index contributed by atoms with van der Waals surface area (Å²) in [4.78, 5) is 11.8. The molecule has 16 heavy (non-hydrogen) atoms. The molecule has 0 aliphatic heterocycles. The number of amides is 1. The highest BCUT2D eigenvalue weighted by Gasteiger charge is 2.37. The molecule has 3 nitrogen and oxygen atoms in total. The summed E-state index contributed by atoms with van der Waals surface area (Å²) in [6.45, 7) is 2.73. The number of thioether (sulfide) groups is 1. The van der Waals surface area contributed by atoms with Crippen LogP contribution in [0.3, 0.4) is 0 Å². The highest BCUT2D eigenvalue weighted by molar-refractivity contribution is 7.98. The Morgan fingerprint density at radius 1 is 1.56 bits per heavy atom. The molecular formula is C12H24N2OS. The van der Waals surface area contributed by atoms with Gasteiger partial charge >= 0.3 is 0 Å². The van der Waals surface area contributed by atoms with Crippen LogP contribution in [0.4, 0.5) is 0 Å². The van der Waals surface area contributed by atoms with E-state index in [1.807, 2.05) is 11.8 Å². The topological polar surface area (TPSA) is 55.1 Å². The maximum atomic E-state index is 11.8. The van der Waals surface area contributed by atoms with Crippen molar-refractivity contribution in [1.29, 1.82) is 0 Å². The molecule has 94 valence electrons. The van der Waals surface area contributed by atoms with Gasteiger partial charge in [0.1, 0.15) is 0 Å². The van der Waals surface area contributed by atoms with Crippen LogP contribution < -0.4 is 11.1 Å². The van der Waals surface area contributed by atoms with Crippen LogP contribution in [0, 0.1) is 5.41 Å². The molecule has 0 radical (unpaired) electrons. The number of carbonyl (C=O) groups excluding carboxylic acids is 1. The molecule has 1 unspecified atom stereocenters. The van der Waals surface area contributed by atoms with E-state index in [0.29, 0.717) is 13.0 Å². The zero-order chi connectivity index (χ0) is 12.0. The summed E-state index contributed by atoms with van der Waals surface area (Å²) in [7, 11) is 0. The molecule has 0 spiro atoms. The fourth-order valence-electron chi connectivity index (χ4n) is 2.16. The standard InChI is InChI=1S/C12H24N2OS/c1-10(4-7-16-2)14-11(15)8-12(9-13)5-3-6-12/h10H,3-9,13H2,1-2H3,(H,14,15). The Morgan fingerprint density at radius 2 is 2.25 bits per heavy atom. The van der Waals surface area contributed by atoms with Crippen molar-refractivity contribution in [2.75, 3.05) is 18.6 Å². The molecule has 1 fully saturated rings.